The van der Waals surface area contributed by atoms with Crippen molar-refractivity contribution < 1.29 is 9.84 Å². The predicted molar refractivity (Wildman–Crippen MR) is 115 cm³/mol. The summed E-state index contributed by atoms with van der Waals surface area (Å²) in [5.74, 6) is 1.20. The van der Waals surface area contributed by atoms with Crippen LogP contribution in [0.5, 0.6) is 5.75 Å². The van der Waals surface area contributed by atoms with Gasteiger partial charge in [0.15, 0.2) is 0 Å². The minimum absolute atomic E-state index is 0.212. The number of aryl methyl sites for hydroxylation is 2. The van der Waals surface area contributed by atoms with E-state index in [0.29, 0.717) is 6.54 Å². The third-order valence-electron chi connectivity index (χ3n) is 6.50. The smallest absolute Gasteiger partial charge is 0.123 e. The molecule has 5 rings (SSSR count). The summed E-state index contributed by atoms with van der Waals surface area (Å²) in [4.78, 5) is 7.16. The molecule has 1 fully saturated rings. The highest BCUT2D eigenvalue weighted by atomic mass is 16.5. The van der Waals surface area contributed by atoms with E-state index in [9.17, 15) is 5.11 Å². The van der Waals surface area contributed by atoms with Crippen LogP contribution in [0.2, 0.25) is 0 Å². The van der Waals surface area contributed by atoms with E-state index >= 15 is 0 Å². The van der Waals surface area contributed by atoms with Gasteiger partial charge in [0.05, 0.1) is 18.7 Å². The van der Waals surface area contributed by atoms with Crippen LogP contribution in [-0.4, -0.2) is 41.3 Å². The van der Waals surface area contributed by atoms with Crippen LogP contribution in [0.1, 0.15) is 28.8 Å². The van der Waals surface area contributed by atoms with Crippen molar-refractivity contribution in [2.45, 2.75) is 38.3 Å². The predicted octanol–water partition coefficient (Wildman–Crippen LogP) is 3.77. The molecular formula is C25H28N2O2. The van der Waals surface area contributed by atoms with Crippen molar-refractivity contribution in [3.63, 3.8) is 0 Å². The third kappa shape index (κ3) is 3.75. The molecule has 29 heavy (non-hydrogen) atoms. The monoisotopic (exact) mass is 388 g/mol. The second-order valence-corrected chi connectivity index (χ2v) is 8.51. The van der Waals surface area contributed by atoms with Crippen molar-refractivity contribution in [3.05, 3.63) is 70.9 Å². The Morgan fingerprint density at radius 2 is 1.90 bits per heavy atom. The molecule has 2 heterocycles. The van der Waals surface area contributed by atoms with Gasteiger partial charge in [0, 0.05) is 42.2 Å². The molecule has 0 bridgehead atoms. The molecule has 0 radical (unpaired) electrons. The van der Waals surface area contributed by atoms with Gasteiger partial charge in [-0.1, -0.05) is 30.3 Å². The summed E-state index contributed by atoms with van der Waals surface area (Å²) in [6.45, 7) is 2.42. The Bertz CT molecular complexity index is 1030. The zero-order chi connectivity index (χ0) is 19.8. The molecule has 1 aromatic heterocycles. The minimum atomic E-state index is -0.316. The number of methoxy groups -OCH3 is 1. The number of hydrogen-bond acceptors (Lipinski definition) is 4. The Kier molecular flexibility index (Phi) is 4.98. The van der Waals surface area contributed by atoms with Crippen molar-refractivity contribution in [3.8, 4) is 5.75 Å². The molecule has 1 aliphatic heterocycles. The zero-order valence-electron chi connectivity index (χ0n) is 17.0. The molecule has 150 valence electrons. The SMILES string of the molecule is COc1cc2c(cc1CN1C[C@@H](Cc3ccc4ccccc4n3)[C@H](O)C1)CCC2. The lowest BCUT2D eigenvalue weighted by atomic mass is 9.99. The van der Waals surface area contributed by atoms with Crippen LogP contribution < -0.4 is 4.74 Å². The normalized spacial score (nSPS) is 21.6. The van der Waals surface area contributed by atoms with Crippen LogP contribution in [-0.2, 0) is 25.8 Å². The number of para-hydroxylation sites is 1. The highest BCUT2D eigenvalue weighted by Gasteiger charge is 2.32. The first-order valence-electron chi connectivity index (χ1n) is 10.6. The highest BCUT2D eigenvalue weighted by Crippen LogP contribution is 2.32. The number of fused-ring (bicyclic) bond motifs is 2. The number of aliphatic hydroxyl groups excluding tert-OH is 1. The maximum atomic E-state index is 10.7. The van der Waals surface area contributed by atoms with Crippen molar-refractivity contribution in [1.82, 2.24) is 9.88 Å². The fourth-order valence-corrected chi connectivity index (χ4v) is 4.97. The number of benzene rings is 2. The summed E-state index contributed by atoms with van der Waals surface area (Å²) in [6.07, 6.45) is 4.07. The quantitative estimate of drug-likeness (QED) is 0.723. The number of nitrogens with zero attached hydrogens (tertiary/aromatic N) is 2. The first-order chi connectivity index (χ1) is 14.2. The molecule has 0 unspecified atom stereocenters. The first-order valence-corrected chi connectivity index (χ1v) is 10.6. The van der Waals surface area contributed by atoms with Crippen LogP contribution in [0.15, 0.2) is 48.5 Å². The van der Waals surface area contributed by atoms with Gasteiger partial charge < -0.3 is 9.84 Å². The van der Waals surface area contributed by atoms with E-state index in [1.807, 2.05) is 12.1 Å². The Balaban J connectivity index is 1.29. The van der Waals surface area contributed by atoms with Crippen molar-refractivity contribution >= 4 is 10.9 Å². The Labute approximate surface area is 172 Å². The summed E-state index contributed by atoms with van der Waals surface area (Å²) in [7, 11) is 1.76. The lowest BCUT2D eigenvalue weighted by molar-refractivity contribution is 0.140. The standard InChI is InChI=1S/C25H28N2O2/c1-29-25-13-19-7-4-6-18(19)11-21(25)15-27-14-20(24(28)16-27)12-22-10-9-17-5-2-3-8-23(17)26-22/h2-3,5,8-11,13,20,24,28H,4,6-7,12,14-16H2,1H3/t20-,24-/m1/s1. The largest absolute Gasteiger partial charge is 0.496 e. The van der Waals surface area contributed by atoms with E-state index in [1.54, 1.807) is 7.11 Å². The Hall–Kier alpha value is -2.43. The van der Waals surface area contributed by atoms with Gasteiger partial charge in [0.2, 0.25) is 0 Å². The zero-order valence-corrected chi connectivity index (χ0v) is 17.0. The number of pyridine rings is 1. The molecule has 4 heteroatoms. The molecule has 0 amide bonds. The van der Waals surface area contributed by atoms with Crippen molar-refractivity contribution in [2.24, 2.45) is 5.92 Å². The summed E-state index contributed by atoms with van der Waals surface area (Å²) < 4.78 is 5.67. The molecule has 2 aromatic carbocycles. The van der Waals surface area contributed by atoms with Crippen LogP contribution in [0.3, 0.4) is 0 Å². The van der Waals surface area contributed by atoms with Crippen molar-refractivity contribution in [2.75, 3.05) is 20.2 Å². The highest BCUT2D eigenvalue weighted by molar-refractivity contribution is 5.78. The van der Waals surface area contributed by atoms with E-state index in [0.717, 1.165) is 48.3 Å². The summed E-state index contributed by atoms with van der Waals surface area (Å²) in [5, 5.41) is 11.9. The summed E-state index contributed by atoms with van der Waals surface area (Å²) in [5.41, 5.74) is 6.23. The number of aliphatic hydroxyl groups is 1. The molecule has 1 aliphatic carbocycles. The fraction of sp³-hybridized carbons (Fsp3) is 0.400. The number of β-amino-alcohol motifs (C(OH)–C–C–N with tert-alkyl or cyclic N) is 1. The van der Waals surface area contributed by atoms with Crippen LogP contribution in [0.4, 0.5) is 0 Å². The second kappa shape index (κ2) is 7.77. The molecule has 2 aliphatic rings. The maximum absolute atomic E-state index is 10.7. The average molecular weight is 389 g/mol. The first kappa shape index (κ1) is 18.6. The van der Waals surface area contributed by atoms with E-state index in [1.165, 1.54) is 29.5 Å². The van der Waals surface area contributed by atoms with Crippen LogP contribution in [0.25, 0.3) is 10.9 Å². The fourth-order valence-electron chi connectivity index (χ4n) is 4.97. The molecule has 3 aromatic rings. The lowest BCUT2D eigenvalue weighted by Gasteiger charge is -2.19. The molecule has 0 spiro atoms. The summed E-state index contributed by atoms with van der Waals surface area (Å²) in [6, 6.07) is 17.0. The number of rotatable bonds is 5. The summed E-state index contributed by atoms with van der Waals surface area (Å²) >= 11 is 0. The molecule has 4 nitrogen and oxygen atoms in total. The van der Waals surface area contributed by atoms with Crippen LogP contribution in [0, 0.1) is 5.92 Å². The number of ether oxygens (including phenoxy) is 1. The molecule has 1 N–H and O–H groups in total. The molecule has 0 saturated carbocycles. The van der Waals surface area contributed by atoms with Gasteiger partial charge >= 0.3 is 0 Å². The van der Waals surface area contributed by atoms with Gasteiger partial charge in [-0.3, -0.25) is 9.88 Å². The molecule has 2 atom stereocenters. The number of hydrogen-bond donors (Lipinski definition) is 1. The van der Waals surface area contributed by atoms with Gasteiger partial charge in [0.1, 0.15) is 5.75 Å². The van der Waals surface area contributed by atoms with E-state index in [-0.39, 0.29) is 12.0 Å². The maximum Gasteiger partial charge on any atom is 0.123 e. The van der Waals surface area contributed by atoms with Gasteiger partial charge in [-0.25, -0.2) is 0 Å². The Morgan fingerprint density at radius 1 is 1.07 bits per heavy atom. The second-order valence-electron chi connectivity index (χ2n) is 8.51. The number of aromatic nitrogens is 1. The average Bonchev–Trinajstić information content (AvgIpc) is 3.33. The van der Waals surface area contributed by atoms with Crippen LogP contribution >= 0.6 is 0 Å². The topological polar surface area (TPSA) is 45.6 Å². The van der Waals surface area contributed by atoms with Gasteiger partial charge in [-0.2, -0.15) is 0 Å². The lowest BCUT2D eigenvalue weighted by Crippen LogP contribution is -2.21. The third-order valence-corrected chi connectivity index (χ3v) is 6.50. The van der Waals surface area contributed by atoms with E-state index < -0.39 is 0 Å². The van der Waals surface area contributed by atoms with Gasteiger partial charge in [0.25, 0.3) is 0 Å². The number of likely N-dealkylation sites (tertiary alicyclic amines) is 1. The van der Waals surface area contributed by atoms with Gasteiger partial charge in [-0.05, 0) is 55.0 Å². The Morgan fingerprint density at radius 3 is 2.76 bits per heavy atom. The van der Waals surface area contributed by atoms with Gasteiger partial charge in [-0.15, -0.1) is 0 Å². The van der Waals surface area contributed by atoms with E-state index in [4.69, 9.17) is 9.72 Å². The minimum Gasteiger partial charge on any atom is -0.496 e. The van der Waals surface area contributed by atoms with E-state index in [2.05, 4.69) is 41.3 Å². The molecular weight excluding hydrogens is 360 g/mol. The molecule has 1 saturated heterocycles. The van der Waals surface area contributed by atoms with Crippen molar-refractivity contribution in [1.29, 1.82) is 0 Å².